The smallest absolute Gasteiger partial charge is 0.230 e. The van der Waals surface area contributed by atoms with Crippen molar-refractivity contribution in [3.05, 3.63) is 54.4 Å². The summed E-state index contributed by atoms with van der Waals surface area (Å²) in [6.07, 6.45) is 2.40. The maximum absolute atomic E-state index is 12.8. The van der Waals surface area contributed by atoms with Crippen LogP contribution >= 0.6 is 11.8 Å². The fraction of sp³-hybridized carbons (Fsp3) is 0.348. The lowest BCUT2D eigenvalue weighted by atomic mass is 9.95. The molecule has 2 aromatic carbocycles. The van der Waals surface area contributed by atoms with Crippen molar-refractivity contribution in [2.45, 2.75) is 31.3 Å². The molecule has 7 heteroatoms. The number of aromatic nitrogens is 2. The Morgan fingerprint density at radius 2 is 1.90 bits per heavy atom. The van der Waals surface area contributed by atoms with Gasteiger partial charge in [-0.05, 0) is 29.7 Å². The topological polar surface area (TPSA) is 73.3 Å². The normalized spacial score (nSPS) is 14.4. The van der Waals surface area contributed by atoms with Gasteiger partial charge < -0.3 is 14.8 Å². The number of benzene rings is 2. The van der Waals surface area contributed by atoms with Crippen LogP contribution in [0, 0.1) is 5.92 Å². The molecule has 0 spiro atoms. The molecule has 0 fully saturated rings. The van der Waals surface area contributed by atoms with Crippen LogP contribution in [0.1, 0.15) is 31.9 Å². The molecule has 1 aliphatic heterocycles. The maximum Gasteiger partial charge on any atom is 0.230 e. The zero-order valence-electron chi connectivity index (χ0n) is 17.1. The number of hydrogen-bond acceptors (Lipinski definition) is 6. The lowest BCUT2D eigenvalue weighted by molar-refractivity contribution is -0.119. The zero-order chi connectivity index (χ0) is 20.9. The van der Waals surface area contributed by atoms with Crippen molar-refractivity contribution >= 4 is 28.6 Å². The van der Waals surface area contributed by atoms with E-state index in [2.05, 4.69) is 29.1 Å². The summed E-state index contributed by atoms with van der Waals surface area (Å²) in [5.74, 6) is 1.98. The minimum absolute atomic E-state index is 0.0338. The number of fused-ring (bicyclic) bond motifs is 2. The Hall–Kier alpha value is -2.80. The summed E-state index contributed by atoms with van der Waals surface area (Å²) < 4.78 is 11.5. The second kappa shape index (κ2) is 9.34. The first-order chi connectivity index (χ1) is 14.6. The second-order valence-corrected chi connectivity index (χ2v) is 8.49. The Bertz CT molecular complexity index is 1040. The van der Waals surface area contributed by atoms with Gasteiger partial charge in [-0.25, -0.2) is 9.97 Å². The highest BCUT2D eigenvalue weighted by Gasteiger charge is 2.21. The third kappa shape index (κ3) is 4.67. The van der Waals surface area contributed by atoms with E-state index < -0.39 is 0 Å². The lowest BCUT2D eigenvalue weighted by Gasteiger charge is -2.24. The molecule has 0 aliphatic carbocycles. The van der Waals surface area contributed by atoms with Crippen LogP contribution in [0.2, 0.25) is 0 Å². The first-order valence-corrected chi connectivity index (χ1v) is 11.1. The van der Waals surface area contributed by atoms with E-state index in [4.69, 9.17) is 9.47 Å². The zero-order valence-corrected chi connectivity index (χ0v) is 17.9. The molecule has 1 atom stereocenters. The number of hydrogen-bond donors (Lipinski definition) is 1. The van der Waals surface area contributed by atoms with Crippen molar-refractivity contribution in [2.75, 3.05) is 19.0 Å². The highest BCUT2D eigenvalue weighted by atomic mass is 32.2. The van der Waals surface area contributed by atoms with Gasteiger partial charge in [0.2, 0.25) is 5.91 Å². The SMILES string of the molecule is CC(C)[C@@H](NC(=O)CSc1ncnc2ccccc12)c1ccc2c(c1)OCCCO2. The number of carbonyl (C=O) groups excluding carboxylic acids is 1. The largest absolute Gasteiger partial charge is 0.490 e. The highest BCUT2D eigenvalue weighted by Crippen LogP contribution is 2.34. The standard InChI is InChI=1S/C23H25N3O3S/c1-15(2)22(16-8-9-19-20(12-16)29-11-5-10-28-19)26-21(27)13-30-23-17-6-3-4-7-18(17)24-14-25-23/h3-4,6-9,12,14-15,22H,5,10-11,13H2,1-2H3,(H,26,27)/t22-/m1/s1. The molecule has 156 valence electrons. The van der Waals surface area contributed by atoms with Crippen LogP contribution in [0.4, 0.5) is 0 Å². The third-order valence-electron chi connectivity index (χ3n) is 4.96. The van der Waals surface area contributed by atoms with Crippen molar-refractivity contribution in [1.29, 1.82) is 0 Å². The number of amides is 1. The molecule has 0 bridgehead atoms. The van der Waals surface area contributed by atoms with Crippen LogP contribution in [-0.2, 0) is 4.79 Å². The van der Waals surface area contributed by atoms with Crippen LogP contribution in [0.3, 0.4) is 0 Å². The van der Waals surface area contributed by atoms with Crippen LogP contribution in [0.5, 0.6) is 11.5 Å². The molecule has 30 heavy (non-hydrogen) atoms. The number of ether oxygens (including phenoxy) is 2. The quantitative estimate of drug-likeness (QED) is 0.468. The van der Waals surface area contributed by atoms with E-state index in [1.807, 2.05) is 42.5 Å². The molecule has 1 aromatic heterocycles. The van der Waals surface area contributed by atoms with E-state index in [0.29, 0.717) is 13.2 Å². The van der Waals surface area contributed by atoms with E-state index in [1.165, 1.54) is 18.1 Å². The molecule has 0 saturated heterocycles. The summed E-state index contributed by atoms with van der Waals surface area (Å²) in [5.41, 5.74) is 1.89. The van der Waals surface area contributed by atoms with E-state index in [-0.39, 0.29) is 23.6 Å². The summed E-state index contributed by atoms with van der Waals surface area (Å²) >= 11 is 1.42. The van der Waals surface area contributed by atoms with Crippen molar-refractivity contribution in [1.82, 2.24) is 15.3 Å². The van der Waals surface area contributed by atoms with Crippen molar-refractivity contribution in [2.24, 2.45) is 5.92 Å². The van der Waals surface area contributed by atoms with Crippen LogP contribution in [-0.4, -0.2) is 34.8 Å². The lowest BCUT2D eigenvalue weighted by Crippen LogP contribution is -2.33. The third-order valence-corrected chi connectivity index (χ3v) is 5.97. The van der Waals surface area contributed by atoms with Crippen LogP contribution in [0.15, 0.2) is 53.8 Å². The van der Waals surface area contributed by atoms with Gasteiger partial charge in [-0.15, -0.1) is 0 Å². The Kier molecular flexibility index (Phi) is 6.38. The van der Waals surface area contributed by atoms with E-state index in [9.17, 15) is 4.79 Å². The number of carbonyl (C=O) groups is 1. The van der Waals surface area contributed by atoms with Gasteiger partial charge in [-0.1, -0.05) is 49.9 Å². The maximum atomic E-state index is 12.8. The predicted octanol–water partition coefficient (Wildman–Crippen LogP) is 4.40. The average Bonchev–Trinajstić information content (AvgIpc) is 3.00. The molecule has 4 rings (SSSR count). The molecular formula is C23H25N3O3S. The van der Waals surface area contributed by atoms with Crippen molar-refractivity contribution < 1.29 is 14.3 Å². The van der Waals surface area contributed by atoms with Gasteiger partial charge in [0, 0.05) is 11.8 Å². The number of nitrogens with zero attached hydrogens (tertiary/aromatic N) is 2. The van der Waals surface area contributed by atoms with E-state index in [1.54, 1.807) is 0 Å². The molecular weight excluding hydrogens is 398 g/mol. The Balaban J connectivity index is 1.45. The molecule has 6 nitrogen and oxygen atoms in total. The molecule has 1 N–H and O–H groups in total. The average molecular weight is 424 g/mol. The van der Waals surface area contributed by atoms with E-state index >= 15 is 0 Å². The molecule has 3 aromatic rings. The Morgan fingerprint density at radius 3 is 2.73 bits per heavy atom. The van der Waals surface area contributed by atoms with Gasteiger partial charge in [0.05, 0.1) is 30.5 Å². The predicted molar refractivity (Wildman–Crippen MR) is 118 cm³/mol. The van der Waals surface area contributed by atoms with E-state index in [0.717, 1.165) is 39.4 Å². The number of rotatable bonds is 6. The highest BCUT2D eigenvalue weighted by molar-refractivity contribution is 8.00. The molecule has 0 radical (unpaired) electrons. The number of para-hydroxylation sites is 1. The Morgan fingerprint density at radius 1 is 1.10 bits per heavy atom. The van der Waals surface area contributed by atoms with Crippen LogP contribution < -0.4 is 14.8 Å². The van der Waals surface area contributed by atoms with Crippen molar-refractivity contribution in [3.8, 4) is 11.5 Å². The molecule has 1 aliphatic rings. The Labute approximate surface area is 180 Å². The summed E-state index contributed by atoms with van der Waals surface area (Å²) in [5, 5.41) is 4.95. The first-order valence-electron chi connectivity index (χ1n) is 10.1. The molecule has 2 heterocycles. The summed E-state index contributed by atoms with van der Waals surface area (Å²) in [4.78, 5) is 21.4. The number of nitrogens with one attached hydrogen (secondary N) is 1. The van der Waals surface area contributed by atoms with Crippen LogP contribution in [0.25, 0.3) is 10.9 Å². The summed E-state index contributed by atoms with van der Waals surface area (Å²) in [6.45, 7) is 5.49. The van der Waals surface area contributed by atoms with Gasteiger partial charge >= 0.3 is 0 Å². The summed E-state index contributed by atoms with van der Waals surface area (Å²) in [7, 11) is 0. The van der Waals surface area contributed by atoms with Gasteiger partial charge in [-0.3, -0.25) is 4.79 Å². The van der Waals surface area contributed by atoms with Gasteiger partial charge in [0.15, 0.2) is 11.5 Å². The van der Waals surface area contributed by atoms with Crippen molar-refractivity contribution in [3.63, 3.8) is 0 Å². The van der Waals surface area contributed by atoms with Gasteiger partial charge in [0.1, 0.15) is 11.4 Å². The molecule has 1 amide bonds. The molecule has 0 saturated carbocycles. The first kappa shape index (κ1) is 20.5. The molecule has 0 unspecified atom stereocenters. The fourth-order valence-electron chi connectivity index (χ4n) is 3.45. The second-order valence-electron chi connectivity index (χ2n) is 7.53. The minimum Gasteiger partial charge on any atom is -0.490 e. The number of thioether (sulfide) groups is 1. The monoisotopic (exact) mass is 423 g/mol. The van der Waals surface area contributed by atoms with Gasteiger partial charge in [0.25, 0.3) is 0 Å². The summed E-state index contributed by atoms with van der Waals surface area (Å²) in [6, 6.07) is 13.6. The fourth-order valence-corrected chi connectivity index (χ4v) is 4.25. The minimum atomic E-state index is -0.114. The van der Waals surface area contributed by atoms with Gasteiger partial charge in [-0.2, -0.15) is 0 Å².